The third kappa shape index (κ3) is 3.56. The number of nitrogens with one attached hydrogen (secondary N) is 1. The van der Waals surface area contributed by atoms with Crippen molar-refractivity contribution in [1.29, 1.82) is 0 Å². The van der Waals surface area contributed by atoms with Crippen LogP contribution in [0, 0.1) is 6.92 Å². The maximum Gasteiger partial charge on any atom is 0.323 e. The van der Waals surface area contributed by atoms with E-state index in [-0.39, 0.29) is 6.03 Å². The number of benzene rings is 1. The monoisotopic (exact) mass is 350 g/mol. The van der Waals surface area contributed by atoms with Crippen LogP contribution >= 0.6 is 11.6 Å². The Morgan fingerprint density at radius 3 is 2.67 bits per heavy atom. The van der Waals surface area contributed by atoms with Gasteiger partial charge in [0.15, 0.2) is 5.82 Å². The van der Waals surface area contributed by atoms with Crippen molar-refractivity contribution in [2.75, 3.05) is 43.5 Å². The summed E-state index contributed by atoms with van der Waals surface area (Å²) >= 11 is 6.09. The first kappa shape index (κ1) is 16.4. The Balaban J connectivity index is 1.61. The summed E-state index contributed by atoms with van der Waals surface area (Å²) in [6.45, 7) is 4.36. The molecule has 0 bridgehead atoms. The third-order valence-electron chi connectivity index (χ3n) is 3.91. The fraction of sp³-hybridized carbons (Fsp3) is 0.375. The predicted molar refractivity (Wildman–Crippen MR) is 92.0 cm³/mol. The molecular formula is C16H19ClN4O3. The van der Waals surface area contributed by atoms with Gasteiger partial charge < -0.3 is 19.1 Å². The van der Waals surface area contributed by atoms with E-state index in [2.05, 4.69) is 15.4 Å². The lowest BCUT2D eigenvalue weighted by atomic mass is 10.2. The molecule has 128 valence electrons. The number of hydrogen-bond acceptors (Lipinski definition) is 5. The van der Waals surface area contributed by atoms with Gasteiger partial charge in [0.2, 0.25) is 0 Å². The number of halogens is 1. The SMILES string of the molecule is COc1ccc(Cl)cc1N1CCN(C(=O)Nc2cc(C)on2)CC1. The Kier molecular flexibility index (Phi) is 4.80. The van der Waals surface area contributed by atoms with Crippen LogP contribution in [0.15, 0.2) is 28.8 Å². The van der Waals surface area contributed by atoms with Gasteiger partial charge in [0.1, 0.15) is 11.5 Å². The number of methoxy groups -OCH3 is 1. The lowest BCUT2D eigenvalue weighted by Gasteiger charge is -2.36. The van der Waals surface area contributed by atoms with E-state index in [1.54, 1.807) is 31.1 Å². The van der Waals surface area contributed by atoms with E-state index in [1.807, 2.05) is 12.1 Å². The van der Waals surface area contributed by atoms with Crippen LogP contribution in [-0.2, 0) is 0 Å². The highest BCUT2D eigenvalue weighted by atomic mass is 35.5. The summed E-state index contributed by atoms with van der Waals surface area (Å²) in [7, 11) is 1.64. The maximum atomic E-state index is 12.3. The number of nitrogens with zero attached hydrogens (tertiary/aromatic N) is 3. The summed E-state index contributed by atoms with van der Waals surface area (Å²) in [4.78, 5) is 16.2. The molecular weight excluding hydrogens is 332 g/mol. The number of hydrogen-bond donors (Lipinski definition) is 1. The number of aryl methyl sites for hydroxylation is 1. The van der Waals surface area contributed by atoms with Crippen molar-refractivity contribution in [3.05, 3.63) is 35.0 Å². The Bertz CT molecular complexity index is 726. The van der Waals surface area contributed by atoms with E-state index in [4.69, 9.17) is 20.9 Å². The highest BCUT2D eigenvalue weighted by Crippen LogP contribution is 2.31. The predicted octanol–water partition coefficient (Wildman–Crippen LogP) is 3.00. The standard InChI is InChI=1S/C16H19ClN4O3/c1-11-9-15(19-24-11)18-16(22)21-7-5-20(6-8-21)13-10-12(17)3-4-14(13)23-2/h3-4,9-10H,5-8H2,1-2H3,(H,18,19,22). The van der Waals surface area contributed by atoms with Crippen LogP contribution in [0.1, 0.15) is 5.76 Å². The molecule has 7 nitrogen and oxygen atoms in total. The van der Waals surface area contributed by atoms with Crippen LogP contribution in [-0.4, -0.2) is 49.4 Å². The van der Waals surface area contributed by atoms with Gasteiger partial charge in [-0.15, -0.1) is 0 Å². The molecule has 0 radical (unpaired) electrons. The van der Waals surface area contributed by atoms with Crippen LogP contribution in [0.3, 0.4) is 0 Å². The summed E-state index contributed by atoms with van der Waals surface area (Å²) in [5, 5.41) is 7.17. The van der Waals surface area contributed by atoms with Gasteiger partial charge in [0, 0.05) is 37.3 Å². The average Bonchev–Trinajstić information content (AvgIpc) is 3.00. The molecule has 0 spiro atoms. The van der Waals surface area contributed by atoms with Crippen molar-refractivity contribution in [3.63, 3.8) is 0 Å². The van der Waals surface area contributed by atoms with Crippen molar-refractivity contribution in [1.82, 2.24) is 10.1 Å². The molecule has 2 heterocycles. The minimum Gasteiger partial charge on any atom is -0.495 e. The van der Waals surface area contributed by atoms with Crippen molar-refractivity contribution in [2.45, 2.75) is 6.92 Å². The minimum atomic E-state index is -0.180. The van der Waals surface area contributed by atoms with Crippen LogP contribution in [0.2, 0.25) is 5.02 Å². The molecule has 0 unspecified atom stereocenters. The first-order chi connectivity index (χ1) is 11.6. The molecule has 1 N–H and O–H groups in total. The summed E-state index contributed by atoms with van der Waals surface area (Å²) in [5.74, 6) is 1.86. The van der Waals surface area contributed by atoms with E-state index < -0.39 is 0 Å². The van der Waals surface area contributed by atoms with E-state index in [0.717, 1.165) is 11.4 Å². The van der Waals surface area contributed by atoms with E-state index in [9.17, 15) is 4.79 Å². The number of aromatic nitrogens is 1. The highest BCUT2D eigenvalue weighted by molar-refractivity contribution is 6.30. The van der Waals surface area contributed by atoms with Crippen LogP contribution < -0.4 is 15.0 Å². The molecule has 2 aromatic rings. The van der Waals surface area contributed by atoms with Gasteiger partial charge >= 0.3 is 6.03 Å². The smallest absolute Gasteiger partial charge is 0.323 e. The van der Waals surface area contributed by atoms with Crippen LogP contribution in [0.5, 0.6) is 5.75 Å². The fourth-order valence-electron chi connectivity index (χ4n) is 2.67. The number of amides is 2. The molecule has 24 heavy (non-hydrogen) atoms. The van der Waals surface area contributed by atoms with Gasteiger partial charge in [-0.05, 0) is 25.1 Å². The third-order valence-corrected chi connectivity index (χ3v) is 4.15. The zero-order valence-electron chi connectivity index (χ0n) is 13.6. The number of carbonyl (C=O) groups excluding carboxylic acids is 1. The van der Waals surface area contributed by atoms with Crippen LogP contribution in [0.4, 0.5) is 16.3 Å². The van der Waals surface area contributed by atoms with Crippen molar-refractivity contribution in [2.24, 2.45) is 0 Å². The number of carbonyl (C=O) groups is 1. The zero-order valence-corrected chi connectivity index (χ0v) is 14.3. The molecule has 1 fully saturated rings. The Morgan fingerprint density at radius 2 is 2.04 bits per heavy atom. The number of piperazine rings is 1. The molecule has 1 aliphatic rings. The van der Waals surface area contributed by atoms with Gasteiger partial charge in [0.05, 0.1) is 12.8 Å². The Morgan fingerprint density at radius 1 is 1.29 bits per heavy atom. The average molecular weight is 351 g/mol. The Labute approximate surface area is 145 Å². The molecule has 2 amide bonds. The number of urea groups is 1. The molecule has 0 saturated carbocycles. The largest absolute Gasteiger partial charge is 0.495 e. The van der Waals surface area contributed by atoms with Gasteiger partial charge in [-0.3, -0.25) is 5.32 Å². The Hall–Kier alpha value is -2.41. The second-order valence-corrected chi connectivity index (χ2v) is 5.98. The van der Waals surface area contributed by atoms with Crippen molar-refractivity contribution < 1.29 is 14.1 Å². The topological polar surface area (TPSA) is 70.8 Å². The summed E-state index contributed by atoms with van der Waals surface area (Å²) in [5.41, 5.74) is 0.942. The van der Waals surface area contributed by atoms with Gasteiger partial charge in [-0.25, -0.2) is 4.79 Å². The highest BCUT2D eigenvalue weighted by Gasteiger charge is 2.23. The molecule has 1 saturated heterocycles. The fourth-order valence-corrected chi connectivity index (χ4v) is 2.84. The lowest BCUT2D eigenvalue weighted by Crippen LogP contribution is -2.50. The maximum absolute atomic E-state index is 12.3. The van der Waals surface area contributed by atoms with Crippen molar-refractivity contribution >= 4 is 29.1 Å². The minimum absolute atomic E-state index is 0.180. The zero-order chi connectivity index (χ0) is 17.1. The van der Waals surface area contributed by atoms with E-state index in [0.29, 0.717) is 42.8 Å². The lowest BCUT2D eigenvalue weighted by molar-refractivity contribution is 0.208. The van der Waals surface area contributed by atoms with Gasteiger partial charge in [-0.1, -0.05) is 16.8 Å². The number of anilines is 2. The summed E-state index contributed by atoms with van der Waals surface area (Å²) in [6, 6.07) is 7.04. The van der Waals surface area contributed by atoms with E-state index >= 15 is 0 Å². The molecule has 8 heteroatoms. The van der Waals surface area contributed by atoms with E-state index in [1.165, 1.54) is 0 Å². The molecule has 0 atom stereocenters. The van der Waals surface area contributed by atoms with Crippen LogP contribution in [0.25, 0.3) is 0 Å². The summed E-state index contributed by atoms with van der Waals surface area (Å²) in [6.07, 6.45) is 0. The summed E-state index contributed by atoms with van der Waals surface area (Å²) < 4.78 is 10.3. The first-order valence-electron chi connectivity index (χ1n) is 7.64. The second-order valence-electron chi connectivity index (χ2n) is 5.54. The van der Waals surface area contributed by atoms with Crippen molar-refractivity contribution in [3.8, 4) is 5.75 Å². The first-order valence-corrected chi connectivity index (χ1v) is 8.02. The number of ether oxygens (including phenoxy) is 1. The molecule has 1 aromatic carbocycles. The van der Waals surface area contributed by atoms with Gasteiger partial charge in [0.25, 0.3) is 0 Å². The molecule has 1 aliphatic heterocycles. The molecule has 1 aromatic heterocycles. The van der Waals surface area contributed by atoms with Gasteiger partial charge in [-0.2, -0.15) is 0 Å². The second kappa shape index (κ2) is 7.00. The number of rotatable bonds is 3. The normalized spacial score (nSPS) is 14.6. The molecule has 0 aliphatic carbocycles. The molecule has 3 rings (SSSR count). The quantitative estimate of drug-likeness (QED) is 0.921.